The Kier molecular flexibility index (Phi) is 7.51. The molecule has 3 aromatic rings. The molecule has 182 valence electrons. The smallest absolute Gasteiger partial charge is 0.225 e. The number of carbonyl (C=O) groups excluding carboxylic acids is 2. The number of nitrogens with one attached hydrogen (secondary N) is 1. The number of hydrogen-bond donors (Lipinski definition) is 1. The average Bonchev–Trinajstić information content (AvgIpc) is 3.37. The summed E-state index contributed by atoms with van der Waals surface area (Å²) in [6, 6.07) is 9.89. The van der Waals surface area contributed by atoms with Crippen molar-refractivity contribution in [1.29, 1.82) is 5.26 Å². The second-order valence-electron chi connectivity index (χ2n) is 8.62. The number of amides is 2. The number of para-hydroxylation sites is 1. The summed E-state index contributed by atoms with van der Waals surface area (Å²) in [6.07, 6.45) is 3.79. The Balaban J connectivity index is 1.38. The molecule has 0 atom stereocenters. The molecule has 35 heavy (non-hydrogen) atoms. The molecule has 9 heteroatoms. The zero-order valence-corrected chi connectivity index (χ0v) is 21.1. The number of rotatable bonds is 8. The molecule has 8 nitrogen and oxygen atoms in total. The fraction of sp³-hybridized carbons (Fsp3) is 0.385. The van der Waals surface area contributed by atoms with Gasteiger partial charge in [-0.1, -0.05) is 18.2 Å². The van der Waals surface area contributed by atoms with Gasteiger partial charge in [-0.25, -0.2) is 4.98 Å². The van der Waals surface area contributed by atoms with E-state index in [1.807, 2.05) is 53.8 Å². The molecule has 1 N–H and O–H groups in total. The first-order valence-corrected chi connectivity index (χ1v) is 12.5. The number of benzene rings is 1. The second kappa shape index (κ2) is 10.7. The molecule has 2 aromatic heterocycles. The number of nitrogens with zero attached hydrogens (tertiary/aromatic N) is 4. The Bertz CT molecular complexity index is 1290. The second-order valence-corrected chi connectivity index (χ2v) is 9.72. The van der Waals surface area contributed by atoms with E-state index in [0.29, 0.717) is 49.5 Å². The van der Waals surface area contributed by atoms with Crippen LogP contribution in [0.4, 0.5) is 5.00 Å². The zero-order valence-electron chi connectivity index (χ0n) is 20.3. The maximum absolute atomic E-state index is 12.9. The number of ether oxygens (including phenoxy) is 1. The van der Waals surface area contributed by atoms with Gasteiger partial charge in [0.15, 0.2) is 0 Å². The zero-order chi connectivity index (χ0) is 24.9. The van der Waals surface area contributed by atoms with Crippen molar-refractivity contribution in [2.24, 2.45) is 0 Å². The van der Waals surface area contributed by atoms with Gasteiger partial charge in [-0.05, 0) is 43.9 Å². The van der Waals surface area contributed by atoms with Crippen LogP contribution in [-0.2, 0) is 35.5 Å². The number of carbonyl (C=O) groups is 2. The van der Waals surface area contributed by atoms with Gasteiger partial charge < -0.3 is 19.5 Å². The van der Waals surface area contributed by atoms with Crippen molar-refractivity contribution in [1.82, 2.24) is 14.5 Å². The maximum atomic E-state index is 12.9. The maximum Gasteiger partial charge on any atom is 0.225 e. The number of thiophene rings is 1. The molecule has 4 rings (SSSR count). The predicted octanol–water partition coefficient (Wildman–Crippen LogP) is 3.99. The van der Waals surface area contributed by atoms with Crippen molar-refractivity contribution in [2.45, 2.75) is 52.6 Å². The lowest BCUT2D eigenvalue weighted by Crippen LogP contribution is -2.35. The van der Waals surface area contributed by atoms with Crippen LogP contribution in [0.2, 0.25) is 0 Å². The molecular weight excluding hydrogens is 462 g/mol. The highest BCUT2D eigenvalue weighted by Gasteiger charge is 2.27. The minimum Gasteiger partial charge on any atom is -0.496 e. The van der Waals surface area contributed by atoms with Crippen LogP contribution in [0.5, 0.6) is 5.75 Å². The van der Waals surface area contributed by atoms with Crippen molar-refractivity contribution >= 4 is 28.2 Å². The highest BCUT2D eigenvalue weighted by Crippen LogP contribution is 2.37. The van der Waals surface area contributed by atoms with Gasteiger partial charge in [0, 0.05) is 37.0 Å². The summed E-state index contributed by atoms with van der Waals surface area (Å²) in [5, 5.41) is 13.3. The average molecular weight is 492 g/mol. The van der Waals surface area contributed by atoms with Crippen molar-refractivity contribution in [2.75, 3.05) is 19.0 Å². The molecule has 3 heterocycles. The lowest BCUT2D eigenvalue weighted by molar-refractivity contribution is -0.132. The normalized spacial score (nSPS) is 12.7. The molecule has 0 unspecified atom stereocenters. The lowest BCUT2D eigenvalue weighted by Gasteiger charge is -2.27. The van der Waals surface area contributed by atoms with E-state index in [9.17, 15) is 14.9 Å². The van der Waals surface area contributed by atoms with Gasteiger partial charge in [0.1, 0.15) is 22.6 Å². The summed E-state index contributed by atoms with van der Waals surface area (Å²) in [5.74, 6) is 1.59. The van der Waals surface area contributed by atoms with Crippen LogP contribution < -0.4 is 10.1 Å². The van der Waals surface area contributed by atoms with E-state index < -0.39 is 0 Å². The van der Waals surface area contributed by atoms with E-state index >= 15 is 0 Å². The Morgan fingerprint density at radius 1 is 1.26 bits per heavy atom. The number of aryl methyl sites for hydroxylation is 4. The fourth-order valence-electron chi connectivity index (χ4n) is 4.44. The van der Waals surface area contributed by atoms with E-state index in [1.54, 1.807) is 7.11 Å². The van der Waals surface area contributed by atoms with Gasteiger partial charge in [0.25, 0.3) is 0 Å². The largest absolute Gasteiger partial charge is 0.496 e. The summed E-state index contributed by atoms with van der Waals surface area (Å²) in [7, 11) is 1.61. The molecule has 0 bridgehead atoms. The van der Waals surface area contributed by atoms with Crippen LogP contribution in [0.1, 0.15) is 45.9 Å². The molecular formula is C26H29N5O3S. The molecule has 2 amide bonds. The number of nitriles is 1. The molecule has 1 aromatic carbocycles. The summed E-state index contributed by atoms with van der Waals surface area (Å²) >= 11 is 1.40. The molecule has 1 aliphatic rings. The van der Waals surface area contributed by atoms with Crippen molar-refractivity contribution in [3.8, 4) is 11.8 Å². The SMILES string of the molecule is COc1ccccc1CCC(=O)Nc1sc2c(c1C#N)CCN(C(=O)CCn1cc(C)nc1C)C2. The van der Waals surface area contributed by atoms with E-state index in [0.717, 1.165) is 33.3 Å². The summed E-state index contributed by atoms with van der Waals surface area (Å²) in [6.45, 7) is 5.50. The number of methoxy groups -OCH3 is 1. The van der Waals surface area contributed by atoms with E-state index in [2.05, 4.69) is 16.4 Å². The number of imidazole rings is 1. The van der Waals surface area contributed by atoms with Crippen LogP contribution in [0.25, 0.3) is 0 Å². The summed E-state index contributed by atoms with van der Waals surface area (Å²) in [5.41, 5.74) is 3.37. The highest BCUT2D eigenvalue weighted by atomic mass is 32.1. The number of aromatic nitrogens is 2. The highest BCUT2D eigenvalue weighted by molar-refractivity contribution is 7.16. The van der Waals surface area contributed by atoms with Crippen LogP contribution in [0.3, 0.4) is 0 Å². The van der Waals surface area contributed by atoms with Gasteiger partial charge in [-0.15, -0.1) is 11.3 Å². The fourth-order valence-corrected chi connectivity index (χ4v) is 5.67. The van der Waals surface area contributed by atoms with Crippen molar-refractivity contribution in [3.63, 3.8) is 0 Å². The van der Waals surface area contributed by atoms with Gasteiger partial charge in [-0.3, -0.25) is 9.59 Å². The number of fused-ring (bicyclic) bond motifs is 1. The van der Waals surface area contributed by atoms with Crippen molar-refractivity contribution in [3.05, 3.63) is 63.5 Å². The van der Waals surface area contributed by atoms with E-state index in [4.69, 9.17) is 4.74 Å². The standard InChI is InChI=1S/C26H29N5O3S/c1-17-15-30(18(2)28-17)13-11-25(33)31-12-10-20-21(14-27)26(35-23(20)16-31)29-24(32)9-8-19-6-4-5-7-22(19)34-3/h4-7,15H,8-13,16H2,1-3H3,(H,29,32). The van der Waals surface area contributed by atoms with Crippen molar-refractivity contribution < 1.29 is 14.3 Å². The first-order valence-electron chi connectivity index (χ1n) is 11.6. The summed E-state index contributed by atoms with van der Waals surface area (Å²) in [4.78, 5) is 32.7. The van der Waals surface area contributed by atoms with Crippen LogP contribution >= 0.6 is 11.3 Å². The molecule has 1 aliphatic heterocycles. The molecule has 0 spiro atoms. The Hall–Kier alpha value is -3.64. The van der Waals surface area contributed by atoms with E-state index in [-0.39, 0.29) is 18.2 Å². The Labute approximate surface area is 209 Å². The molecule has 0 saturated carbocycles. The molecule has 0 radical (unpaired) electrons. The van der Waals surface area contributed by atoms with Gasteiger partial charge in [0.05, 0.1) is 24.9 Å². The topological polar surface area (TPSA) is 100 Å². The Morgan fingerprint density at radius 2 is 2.06 bits per heavy atom. The van der Waals surface area contributed by atoms with Gasteiger partial charge in [0.2, 0.25) is 11.8 Å². The Morgan fingerprint density at radius 3 is 2.77 bits per heavy atom. The minimum absolute atomic E-state index is 0.0794. The number of anilines is 1. The van der Waals surface area contributed by atoms with Gasteiger partial charge in [-0.2, -0.15) is 5.26 Å². The van der Waals surface area contributed by atoms with E-state index in [1.165, 1.54) is 11.3 Å². The first kappa shape index (κ1) is 24.5. The molecule has 0 saturated heterocycles. The first-order chi connectivity index (χ1) is 16.9. The third-order valence-electron chi connectivity index (χ3n) is 6.25. The van der Waals surface area contributed by atoms with Crippen LogP contribution in [-0.4, -0.2) is 39.9 Å². The van der Waals surface area contributed by atoms with Crippen LogP contribution in [0, 0.1) is 25.2 Å². The monoisotopic (exact) mass is 491 g/mol. The quantitative estimate of drug-likeness (QED) is 0.514. The number of hydrogen-bond acceptors (Lipinski definition) is 6. The van der Waals surface area contributed by atoms with Crippen LogP contribution in [0.15, 0.2) is 30.5 Å². The minimum atomic E-state index is -0.148. The predicted molar refractivity (Wildman–Crippen MR) is 134 cm³/mol. The summed E-state index contributed by atoms with van der Waals surface area (Å²) < 4.78 is 7.36. The molecule has 0 aliphatic carbocycles. The van der Waals surface area contributed by atoms with Gasteiger partial charge >= 0.3 is 0 Å². The third kappa shape index (κ3) is 5.54. The lowest BCUT2D eigenvalue weighted by atomic mass is 10.0. The molecule has 0 fully saturated rings. The third-order valence-corrected chi connectivity index (χ3v) is 7.38.